The van der Waals surface area contributed by atoms with E-state index in [-0.39, 0.29) is 11.5 Å². The predicted octanol–water partition coefficient (Wildman–Crippen LogP) is 6.94. The van der Waals surface area contributed by atoms with Crippen LogP contribution in [-0.2, 0) is 9.47 Å². The second-order valence-electron chi connectivity index (χ2n) is 10.0. The van der Waals surface area contributed by atoms with E-state index in [2.05, 4.69) is 52.6 Å². The van der Waals surface area contributed by atoms with Gasteiger partial charge in [-0.3, -0.25) is 4.98 Å². The molecule has 4 heteroatoms. The summed E-state index contributed by atoms with van der Waals surface area (Å²) >= 11 is 0. The number of carbonyl (C=O) groups excluding carboxylic acids is 1. The van der Waals surface area contributed by atoms with Crippen LogP contribution in [0.2, 0.25) is 0 Å². The molecule has 1 saturated carbocycles. The molecule has 29 heavy (non-hydrogen) atoms. The quantitative estimate of drug-likeness (QED) is 0.524. The number of pyridine rings is 1. The molecule has 0 N–H and O–H groups in total. The van der Waals surface area contributed by atoms with Crippen molar-refractivity contribution >= 4 is 16.9 Å². The van der Waals surface area contributed by atoms with Gasteiger partial charge in [0.25, 0.3) is 0 Å². The van der Waals surface area contributed by atoms with Crippen LogP contribution in [0.25, 0.3) is 10.8 Å². The fraction of sp³-hybridized carbons (Fsp3) is 0.600. The molecule has 1 fully saturated rings. The van der Waals surface area contributed by atoms with Crippen LogP contribution in [0.3, 0.4) is 0 Å². The van der Waals surface area contributed by atoms with Crippen LogP contribution < -0.4 is 0 Å². The lowest BCUT2D eigenvalue weighted by Crippen LogP contribution is -2.37. The third kappa shape index (κ3) is 5.09. The molecule has 0 radical (unpaired) electrons. The largest absolute Gasteiger partial charge is 0.509 e. The zero-order valence-corrected chi connectivity index (χ0v) is 18.6. The summed E-state index contributed by atoms with van der Waals surface area (Å²) in [7, 11) is 0. The van der Waals surface area contributed by atoms with Gasteiger partial charge in [0, 0.05) is 17.0 Å². The average molecular weight is 398 g/mol. The maximum atomic E-state index is 12.9. The SMILES string of the molecule is CC(C)[C@@H]1CC[C@@H](C)C[C@H]1OC(=O)O[C@@H](c1nccc2ccccc12)C(C)(C)C. The van der Waals surface area contributed by atoms with Crippen LogP contribution in [0, 0.1) is 23.2 Å². The van der Waals surface area contributed by atoms with E-state index in [0.29, 0.717) is 17.8 Å². The van der Waals surface area contributed by atoms with E-state index >= 15 is 0 Å². The minimum absolute atomic E-state index is 0.0765. The molecule has 4 atom stereocenters. The second-order valence-corrected chi connectivity index (χ2v) is 10.0. The Morgan fingerprint density at radius 1 is 1.14 bits per heavy atom. The molecule has 1 heterocycles. The molecule has 0 aliphatic heterocycles. The summed E-state index contributed by atoms with van der Waals surface area (Å²) in [5.41, 5.74) is 0.470. The first-order chi connectivity index (χ1) is 13.7. The minimum atomic E-state index is -0.579. The zero-order chi connectivity index (χ0) is 21.2. The molecule has 3 rings (SSSR count). The van der Waals surface area contributed by atoms with E-state index in [9.17, 15) is 4.79 Å². The van der Waals surface area contributed by atoms with E-state index in [1.807, 2.05) is 24.3 Å². The number of benzene rings is 1. The van der Waals surface area contributed by atoms with E-state index in [0.717, 1.165) is 29.3 Å². The van der Waals surface area contributed by atoms with Crippen molar-refractivity contribution in [1.29, 1.82) is 0 Å². The van der Waals surface area contributed by atoms with Gasteiger partial charge in [-0.15, -0.1) is 0 Å². The van der Waals surface area contributed by atoms with Crippen molar-refractivity contribution < 1.29 is 14.3 Å². The number of rotatable bonds is 4. The highest BCUT2D eigenvalue weighted by molar-refractivity contribution is 5.84. The van der Waals surface area contributed by atoms with E-state index in [4.69, 9.17) is 9.47 Å². The molecule has 4 nitrogen and oxygen atoms in total. The molecule has 1 aliphatic rings. The van der Waals surface area contributed by atoms with Crippen molar-refractivity contribution in [3.63, 3.8) is 0 Å². The van der Waals surface area contributed by atoms with Gasteiger partial charge in [-0.2, -0.15) is 0 Å². The summed E-state index contributed by atoms with van der Waals surface area (Å²) in [5, 5.41) is 2.10. The molecule has 1 aromatic carbocycles. The smallest absolute Gasteiger partial charge is 0.431 e. The summed E-state index contributed by atoms with van der Waals surface area (Å²) in [6, 6.07) is 10.1. The Kier molecular flexibility index (Phi) is 6.50. The Hall–Kier alpha value is -2.10. The summed E-state index contributed by atoms with van der Waals surface area (Å²) in [5.74, 6) is 1.45. The standard InChI is InChI=1S/C25H35NO3/c1-16(2)19-12-11-17(3)15-21(19)28-24(27)29-23(25(4,5)6)22-20-10-8-7-9-18(20)13-14-26-22/h7-10,13-14,16-17,19,21,23H,11-12,15H2,1-6H3/t17-,19+,21-,23+/m1/s1. The number of ether oxygens (including phenoxy) is 2. The van der Waals surface area contributed by atoms with Gasteiger partial charge in [-0.25, -0.2) is 4.79 Å². The van der Waals surface area contributed by atoms with E-state index in [1.54, 1.807) is 6.20 Å². The zero-order valence-electron chi connectivity index (χ0n) is 18.6. The van der Waals surface area contributed by atoms with Crippen molar-refractivity contribution in [2.45, 2.75) is 73.0 Å². The predicted molar refractivity (Wildman–Crippen MR) is 117 cm³/mol. The van der Waals surface area contributed by atoms with Crippen molar-refractivity contribution in [3.8, 4) is 0 Å². The highest BCUT2D eigenvalue weighted by atomic mass is 16.7. The molecule has 1 aliphatic carbocycles. The summed E-state index contributed by atoms with van der Waals surface area (Å²) in [6.07, 6.45) is 3.84. The third-order valence-electron chi connectivity index (χ3n) is 6.16. The maximum Gasteiger partial charge on any atom is 0.509 e. The van der Waals surface area contributed by atoms with Gasteiger partial charge in [-0.05, 0) is 42.0 Å². The number of hydrogen-bond acceptors (Lipinski definition) is 4. The molecule has 2 aromatic rings. The lowest BCUT2D eigenvalue weighted by atomic mass is 9.75. The fourth-order valence-corrected chi connectivity index (χ4v) is 4.49. The number of fused-ring (bicyclic) bond motifs is 1. The number of hydrogen-bond donors (Lipinski definition) is 0. The molecular formula is C25H35NO3. The lowest BCUT2D eigenvalue weighted by molar-refractivity contribution is -0.0651. The Morgan fingerprint density at radius 3 is 2.55 bits per heavy atom. The first-order valence-electron chi connectivity index (χ1n) is 10.9. The normalized spacial score (nSPS) is 23.8. The van der Waals surface area contributed by atoms with Crippen molar-refractivity contribution in [1.82, 2.24) is 4.98 Å². The first-order valence-corrected chi connectivity index (χ1v) is 10.9. The fourth-order valence-electron chi connectivity index (χ4n) is 4.49. The average Bonchev–Trinajstić information content (AvgIpc) is 2.64. The molecule has 0 saturated heterocycles. The molecule has 1 aromatic heterocycles. The highest BCUT2D eigenvalue weighted by Crippen LogP contribution is 2.40. The lowest BCUT2D eigenvalue weighted by Gasteiger charge is -2.37. The molecule has 0 unspecified atom stereocenters. The Labute approximate surface area is 175 Å². The Bertz CT molecular complexity index is 834. The number of carbonyl (C=O) groups is 1. The summed E-state index contributed by atoms with van der Waals surface area (Å²) in [6.45, 7) is 12.8. The second kappa shape index (κ2) is 8.73. The maximum absolute atomic E-state index is 12.9. The van der Waals surface area contributed by atoms with Gasteiger partial charge in [-0.1, -0.05) is 72.2 Å². The molecule has 0 bridgehead atoms. The molecular weight excluding hydrogens is 362 g/mol. The number of nitrogens with zero attached hydrogens (tertiary/aromatic N) is 1. The third-order valence-corrected chi connectivity index (χ3v) is 6.16. The van der Waals surface area contributed by atoms with E-state index < -0.39 is 12.3 Å². The van der Waals surface area contributed by atoms with Crippen LogP contribution in [0.5, 0.6) is 0 Å². The van der Waals surface area contributed by atoms with Crippen LogP contribution >= 0.6 is 0 Å². The topological polar surface area (TPSA) is 48.4 Å². The van der Waals surface area contributed by atoms with Crippen molar-refractivity contribution in [2.75, 3.05) is 0 Å². The Balaban J connectivity index is 1.83. The van der Waals surface area contributed by atoms with Gasteiger partial charge in [0.05, 0.1) is 5.69 Å². The molecule has 0 spiro atoms. The van der Waals surface area contributed by atoms with Crippen LogP contribution in [0.15, 0.2) is 36.5 Å². The Morgan fingerprint density at radius 2 is 1.86 bits per heavy atom. The van der Waals surface area contributed by atoms with Crippen LogP contribution in [-0.4, -0.2) is 17.2 Å². The monoisotopic (exact) mass is 397 g/mol. The summed E-state index contributed by atoms with van der Waals surface area (Å²) in [4.78, 5) is 17.5. The van der Waals surface area contributed by atoms with E-state index in [1.165, 1.54) is 6.42 Å². The minimum Gasteiger partial charge on any atom is -0.431 e. The van der Waals surface area contributed by atoms with Gasteiger partial charge < -0.3 is 9.47 Å². The summed E-state index contributed by atoms with van der Waals surface area (Å²) < 4.78 is 11.9. The van der Waals surface area contributed by atoms with Crippen LogP contribution in [0.4, 0.5) is 4.79 Å². The highest BCUT2D eigenvalue weighted by Gasteiger charge is 2.37. The first kappa shape index (κ1) is 21.6. The van der Waals surface area contributed by atoms with Gasteiger partial charge in [0.2, 0.25) is 0 Å². The van der Waals surface area contributed by atoms with Gasteiger partial charge in [0.1, 0.15) is 6.10 Å². The molecule has 158 valence electrons. The van der Waals surface area contributed by atoms with Crippen molar-refractivity contribution in [2.24, 2.45) is 23.2 Å². The van der Waals surface area contributed by atoms with Gasteiger partial charge in [0.15, 0.2) is 6.10 Å². The van der Waals surface area contributed by atoms with Crippen molar-refractivity contribution in [3.05, 3.63) is 42.2 Å². The molecule has 0 amide bonds. The van der Waals surface area contributed by atoms with Crippen LogP contribution in [0.1, 0.15) is 72.6 Å². The number of aromatic nitrogens is 1. The van der Waals surface area contributed by atoms with Gasteiger partial charge >= 0.3 is 6.16 Å².